The molecule has 172 valence electrons. The van der Waals surface area contributed by atoms with Crippen LogP contribution in [-0.2, 0) is 14.8 Å². The molecule has 3 aromatic rings. The fraction of sp³-hybridized carbons (Fsp3) is 0.167. The van der Waals surface area contributed by atoms with Gasteiger partial charge in [-0.05, 0) is 73.2 Å². The Morgan fingerprint density at radius 3 is 2.06 bits per heavy atom. The first-order valence-corrected chi connectivity index (χ1v) is 11.9. The van der Waals surface area contributed by atoms with E-state index in [9.17, 15) is 13.2 Å². The van der Waals surface area contributed by atoms with E-state index in [0.29, 0.717) is 28.6 Å². The molecule has 8 nitrogen and oxygen atoms in total. The van der Waals surface area contributed by atoms with Gasteiger partial charge in [-0.25, -0.2) is 13.8 Å². The van der Waals surface area contributed by atoms with Crippen molar-refractivity contribution >= 4 is 27.3 Å². The number of rotatable bonds is 9. The molecule has 1 N–H and O–H groups in total. The Morgan fingerprint density at radius 1 is 0.909 bits per heavy atom. The Morgan fingerprint density at radius 2 is 1.48 bits per heavy atom. The predicted octanol–water partition coefficient (Wildman–Crippen LogP) is 3.79. The summed E-state index contributed by atoms with van der Waals surface area (Å²) in [6.07, 6.45) is 1.04. The number of nitrogens with one attached hydrogen (secondary N) is 1. The SMILES string of the molecule is COc1ccc(/C(C)=N\NC(=O)CN(c2ccc(Oc3ccccc3)cc2)S(C)(=O)=O)cc1. The Hall–Kier alpha value is -3.85. The fourth-order valence-corrected chi connectivity index (χ4v) is 3.77. The number of sulfonamides is 1. The summed E-state index contributed by atoms with van der Waals surface area (Å²) in [5.41, 5.74) is 4.12. The van der Waals surface area contributed by atoms with Gasteiger partial charge in [-0.15, -0.1) is 0 Å². The lowest BCUT2D eigenvalue weighted by Gasteiger charge is -2.21. The smallest absolute Gasteiger partial charge is 0.260 e. The third kappa shape index (κ3) is 6.81. The molecule has 0 fully saturated rings. The Kier molecular flexibility index (Phi) is 7.68. The molecule has 0 atom stereocenters. The second-order valence-corrected chi connectivity index (χ2v) is 9.05. The van der Waals surface area contributed by atoms with Gasteiger partial charge in [-0.2, -0.15) is 5.10 Å². The molecule has 0 bridgehead atoms. The van der Waals surface area contributed by atoms with Crippen LogP contribution in [-0.4, -0.2) is 39.9 Å². The quantitative estimate of drug-likeness (QED) is 0.381. The summed E-state index contributed by atoms with van der Waals surface area (Å²) in [4.78, 5) is 12.4. The molecule has 0 aliphatic heterocycles. The molecule has 9 heteroatoms. The molecule has 0 aliphatic carbocycles. The first kappa shape index (κ1) is 23.8. The number of para-hydroxylation sites is 1. The zero-order valence-corrected chi connectivity index (χ0v) is 19.4. The van der Waals surface area contributed by atoms with E-state index in [1.807, 2.05) is 42.5 Å². The van der Waals surface area contributed by atoms with Gasteiger partial charge in [0.2, 0.25) is 10.0 Å². The first-order chi connectivity index (χ1) is 15.8. The van der Waals surface area contributed by atoms with Crippen LogP contribution in [0.5, 0.6) is 17.2 Å². The van der Waals surface area contributed by atoms with Gasteiger partial charge in [0.1, 0.15) is 23.8 Å². The highest BCUT2D eigenvalue weighted by atomic mass is 32.2. The van der Waals surface area contributed by atoms with Crippen molar-refractivity contribution in [2.75, 3.05) is 24.2 Å². The largest absolute Gasteiger partial charge is 0.497 e. The van der Waals surface area contributed by atoms with E-state index in [1.165, 1.54) is 0 Å². The van der Waals surface area contributed by atoms with Gasteiger partial charge < -0.3 is 9.47 Å². The van der Waals surface area contributed by atoms with Crippen molar-refractivity contribution in [3.8, 4) is 17.2 Å². The molecule has 0 aromatic heterocycles. The average Bonchev–Trinajstić information content (AvgIpc) is 2.81. The molecule has 0 saturated carbocycles. The van der Waals surface area contributed by atoms with Crippen molar-refractivity contribution in [2.24, 2.45) is 5.10 Å². The minimum absolute atomic E-state index is 0.337. The normalized spacial score (nSPS) is 11.5. The maximum Gasteiger partial charge on any atom is 0.260 e. The summed E-state index contributed by atoms with van der Waals surface area (Å²) in [7, 11) is -2.14. The molecular formula is C24H25N3O5S. The number of benzene rings is 3. The number of amides is 1. The summed E-state index contributed by atoms with van der Waals surface area (Å²) in [6, 6.07) is 22.9. The lowest BCUT2D eigenvalue weighted by molar-refractivity contribution is -0.119. The standard InChI is InChI=1S/C24H25N3O5S/c1-18(19-9-13-21(31-2)14-10-19)25-26-24(28)17-27(33(3,29)30)20-11-15-23(16-12-20)32-22-7-5-4-6-8-22/h4-16H,17H2,1-3H3,(H,26,28)/b25-18-. The van der Waals surface area contributed by atoms with Gasteiger partial charge in [0.15, 0.2) is 0 Å². The third-order valence-corrected chi connectivity index (χ3v) is 5.79. The Labute approximate surface area is 193 Å². The number of hydrazone groups is 1. The van der Waals surface area contributed by atoms with Crippen LogP contribution in [0.1, 0.15) is 12.5 Å². The zero-order chi connectivity index (χ0) is 23.8. The maximum atomic E-state index is 12.4. The number of methoxy groups -OCH3 is 1. The fourth-order valence-electron chi connectivity index (χ4n) is 2.91. The minimum atomic E-state index is -3.71. The topological polar surface area (TPSA) is 97.3 Å². The Balaban J connectivity index is 1.68. The van der Waals surface area contributed by atoms with Crippen LogP contribution in [0.25, 0.3) is 0 Å². The summed E-state index contributed by atoms with van der Waals surface area (Å²) in [6.45, 7) is 1.32. The lowest BCUT2D eigenvalue weighted by Crippen LogP contribution is -2.39. The second kappa shape index (κ2) is 10.6. The van der Waals surface area contributed by atoms with Crippen LogP contribution in [0, 0.1) is 0 Å². The number of hydrogen-bond acceptors (Lipinski definition) is 6. The highest BCUT2D eigenvalue weighted by Crippen LogP contribution is 2.25. The summed E-state index contributed by atoms with van der Waals surface area (Å²) >= 11 is 0. The predicted molar refractivity (Wildman–Crippen MR) is 128 cm³/mol. The van der Waals surface area contributed by atoms with Crippen LogP contribution < -0.4 is 19.2 Å². The van der Waals surface area contributed by atoms with Gasteiger partial charge in [0.05, 0.1) is 24.8 Å². The van der Waals surface area contributed by atoms with Crippen molar-refractivity contribution < 1.29 is 22.7 Å². The molecule has 1 amide bonds. The summed E-state index contributed by atoms with van der Waals surface area (Å²) < 4.78 is 36.5. The molecule has 0 saturated heterocycles. The van der Waals surface area contributed by atoms with Crippen LogP contribution in [0.4, 0.5) is 5.69 Å². The van der Waals surface area contributed by atoms with Crippen molar-refractivity contribution in [2.45, 2.75) is 6.92 Å². The molecule has 0 unspecified atom stereocenters. The number of anilines is 1. The number of hydrogen-bond donors (Lipinski definition) is 1. The minimum Gasteiger partial charge on any atom is -0.497 e. The molecular weight excluding hydrogens is 442 g/mol. The third-order valence-electron chi connectivity index (χ3n) is 4.65. The van der Waals surface area contributed by atoms with Crippen LogP contribution >= 0.6 is 0 Å². The molecule has 0 aliphatic rings. The van der Waals surface area contributed by atoms with E-state index in [-0.39, 0.29) is 0 Å². The molecule has 3 rings (SSSR count). The van der Waals surface area contributed by atoms with Crippen LogP contribution in [0.3, 0.4) is 0 Å². The number of ether oxygens (including phenoxy) is 2. The van der Waals surface area contributed by atoms with Crippen LogP contribution in [0.2, 0.25) is 0 Å². The lowest BCUT2D eigenvalue weighted by atomic mass is 10.1. The van der Waals surface area contributed by atoms with Gasteiger partial charge in [0.25, 0.3) is 5.91 Å². The number of nitrogens with zero attached hydrogens (tertiary/aromatic N) is 2. The zero-order valence-electron chi connectivity index (χ0n) is 18.6. The highest BCUT2D eigenvalue weighted by molar-refractivity contribution is 7.92. The molecule has 0 radical (unpaired) electrons. The van der Waals surface area contributed by atoms with Crippen LogP contribution in [0.15, 0.2) is 84.0 Å². The van der Waals surface area contributed by atoms with Crippen molar-refractivity contribution in [3.05, 3.63) is 84.4 Å². The summed E-state index contributed by atoms with van der Waals surface area (Å²) in [5.74, 6) is 1.34. The Bertz CT molecular complexity index is 1210. The average molecular weight is 468 g/mol. The van der Waals surface area contributed by atoms with E-state index in [4.69, 9.17) is 9.47 Å². The van der Waals surface area contributed by atoms with E-state index >= 15 is 0 Å². The van der Waals surface area contributed by atoms with Crippen molar-refractivity contribution in [3.63, 3.8) is 0 Å². The van der Waals surface area contributed by atoms with Gasteiger partial charge in [0, 0.05) is 0 Å². The van der Waals surface area contributed by atoms with Gasteiger partial charge >= 0.3 is 0 Å². The number of carbonyl (C=O) groups is 1. The van der Waals surface area contributed by atoms with E-state index in [2.05, 4.69) is 10.5 Å². The molecule has 33 heavy (non-hydrogen) atoms. The van der Waals surface area contributed by atoms with E-state index < -0.39 is 22.5 Å². The second-order valence-electron chi connectivity index (χ2n) is 7.14. The van der Waals surface area contributed by atoms with Crippen molar-refractivity contribution in [1.82, 2.24) is 5.43 Å². The molecule has 0 spiro atoms. The van der Waals surface area contributed by atoms with E-state index in [1.54, 1.807) is 50.4 Å². The first-order valence-electron chi connectivity index (χ1n) is 10.0. The van der Waals surface area contributed by atoms with Crippen molar-refractivity contribution in [1.29, 1.82) is 0 Å². The van der Waals surface area contributed by atoms with Gasteiger partial charge in [-0.3, -0.25) is 9.10 Å². The molecule has 3 aromatic carbocycles. The van der Waals surface area contributed by atoms with E-state index in [0.717, 1.165) is 16.1 Å². The summed E-state index contributed by atoms with van der Waals surface area (Å²) in [5, 5.41) is 4.07. The maximum absolute atomic E-state index is 12.4. The van der Waals surface area contributed by atoms with Gasteiger partial charge in [-0.1, -0.05) is 18.2 Å². The number of carbonyl (C=O) groups excluding carboxylic acids is 1. The molecule has 0 heterocycles. The monoisotopic (exact) mass is 467 g/mol. The highest BCUT2D eigenvalue weighted by Gasteiger charge is 2.21.